The van der Waals surface area contributed by atoms with Gasteiger partial charge in [-0.2, -0.15) is 0 Å². The fourth-order valence-corrected chi connectivity index (χ4v) is 2.04. The van der Waals surface area contributed by atoms with E-state index < -0.39 is 0 Å². The molecule has 20 heavy (non-hydrogen) atoms. The number of hydrogen-bond donors (Lipinski definition) is 2. The molecule has 2 rings (SSSR count). The van der Waals surface area contributed by atoms with Crippen LogP contribution in [0, 0.1) is 0 Å². The highest BCUT2D eigenvalue weighted by Gasteiger charge is 2.03. The molecular weight excluding hydrogens is 299 g/mol. The van der Waals surface area contributed by atoms with Crippen LogP contribution < -0.4 is 10.5 Å². The van der Waals surface area contributed by atoms with Crippen LogP contribution in [0.1, 0.15) is 11.1 Å². The molecule has 0 aliphatic carbocycles. The second kappa shape index (κ2) is 6.50. The minimum Gasteiger partial charge on any atom is -0.489 e. The number of hydrogen-bond acceptors (Lipinski definition) is 3. The molecule has 0 saturated carbocycles. The molecule has 6 heteroatoms. The average molecular weight is 311 g/mol. The molecule has 104 valence electrons. The molecule has 3 N–H and O–H groups in total. The van der Waals surface area contributed by atoms with Gasteiger partial charge in [0.2, 0.25) is 0 Å². The maximum Gasteiger partial charge on any atom is 0.170 e. The lowest BCUT2D eigenvalue weighted by Crippen LogP contribution is -2.12. The third kappa shape index (κ3) is 3.56. The van der Waals surface area contributed by atoms with Crippen LogP contribution >= 0.6 is 23.2 Å². The van der Waals surface area contributed by atoms with Crippen LogP contribution in [0.15, 0.2) is 47.6 Å². The zero-order valence-electron chi connectivity index (χ0n) is 10.4. The molecule has 0 bridgehead atoms. The lowest BCUT2D eigenvalue weighted by Gasteiger charge is -2.08. The second-order valence-electron chi connectivity index (χ2n) is 4.03. The normalized spacial score (nSPS) is 11.4. The monoisotopic (exact) mass is 310 g/mol. The quantitative estimate of drug-likeness (QED) is 0.392. The van der Waals surface area contributed by atoms with Gasteiger partial charge in [0.05, 0.1) is 0 Å². The highest BCUT2D eigenvalue weighted by atomic mass is 35.5. The summed E-state index contributed by atoms with van der Waals surface area (Å²) in [4.78, 5) is 0. The highest BCUT2D eigenvalue weighted by molar-refractivity contribution is 6.35. The van der Waals surface area contributed by atoms with E-state index in [4.69, 9.17) is 38.9 Å². The van der Waals surface area contributed by atoms with Crippen molar-refractivity contribution in [2.24, 2.45) is 10.9 Å². The van der Waals surface area contributed by atoms with Gasteiger partial charge in [-0.15, -0.1) is 0 Å². The highest BCUT2D eigenvalue weighted by Crippen LogP contribution is 2.22. The van der Waals surface area contributed by atoms with Crippen LogP contribution in [0.3, 0.4) is 0 Å². The summed E-state index contributed by atoms with van der Waals surface area (Å²) < 4.78 is 5.61. The zero-order valence-corrected chi connectivity index (χ0v) is 11.9. The summed E-state index contributed by atoms with van der Waals surface area (Å²) >= 11 is 11.9. The first-order chi connectivity index (χ1) is 9.60. The lowest BCUT2D eigenvalue weighted by molar-refractivity contribution is 0.306. The SMILES string of the molecule is N/C(=N/O)c1ccc(OCc2ccc(Cl)cc2Cl)cc1. The second-order valence-corrected chi connectivity index (χ2v) is 4.88. The largest absolute Gasteiger partial charge is 0.489 e. The van der Waals surface area contributed by atoms with Gasteiger partial charge >= 0.3 is 0 Å². The molecule has 0 saturated heterocycles. The van der Waals surface area contributed by atoms with E-state index in [1.807, 2.05) is 6.07 Å². The van der Waals surface area contributed by atoms with Gasteiger partial charge in [0.1, 0.15) is 12.4 Å². The maximum atomic E-state index is 8.57. The molecule has 0 amide bonds. The van der Waals surface area contributed by atoms with E-state index in [9.17, 15) is 0 Å². The van der Waals surface area contributed by atoms with Gasteiger partial charge < -0.3 is 15.7 Å². The van der Waals surface area contributed by atoms with Crippen molar-refractivity contribution in [3.05, 3.63) is 63.6 Å². The first-order valence-corrected chi connectivity index (χ1v) is 6.50. The Hall–Kier alpha value is -1.91. The molecule has 0 fully saturated rings. The van der Waals surface area contributed by atoms with Crippen molar-refractivity contribution in [3.8, 4) is 5.75 Å². The standard InChI is InChI=1S/C14H12Cl2N2O2/c15-11-4-1-10(13(16)7-11)8-20-12-5-2-9(3-6-12)14(17)18-19/h1-7,19H,8H2,(H2,17,18). The van der Waals surface area contributed by atoms with E-state index in [2.05, 4.69) is 5.16 Å². The number of rotatable bonds is 4. The van der Waals surface area contributed by atoms with Crippen LogP contribution in [0.4, 0.5) is 0 Å². The van der Waals surface area contributed by atoms with Gasteiger partial charge in [0, 0.05) is 21.2 Å². The molecule has 2 aromatic carbocycles. The lowest BCUT2D eigenvalue weighted by atomic mass is 10.2. The van der Waals surface area contributed by atoms with E-state index in [1.54, 1.807) is 36.4 Å². The minimum absolute atomic E-state index is 0.0531. The summed E-state index contributed by atoms with van der Waals surface area (Å²) in [6.45, 7) is 0.332. The molecule has 0 spiro atoms. The molecule has 0 atom stereocenters. The number of halogens is 2. The van der Waals surface area contributed by atoms with E-state index in [1.165, 1.54) is 0 Å². The fraction of sp³-hybridized carbons (Fsp3) is 0.0714. The third-order valence-electron chi connectivity index (χ3n) is 2.67. The van der Waals surface area contributed by atoms with Crippen LogP contribution in [0.2, 0.25) is 10.0 Å². The number of nitrogens with zero attached hydrogens (tertiary/aromatic N) is 1. The van der Waals surface area contributed by atoms with Crippen LogP contribution in [-0.2, 0) is 6.61 Å². The Labute approximate surface area is 126 Å². The smallest absolute Gasteiger partial charge is 0.170 e. The van der Waals surface area contributed by atoms with Gasteiger partial charge in [0.25, 0.3) is 0 Å². The van der Waals surface area contributed by atoms with Crippen molar-refractivity contribution in [2.45, 2.75) is 6.61 Å². The number of amidine groups is 1. The van der Waals surface area contributed by atoms with Gasteiger partial charge in [-0.05, 0) is 36.4 Å². The van der Waals surface area contributed by atoms with Crippen LogP contribution in [0.5, 0.6) is 5.75 Å². The van der Waals surface area contributed by atoms with E-state index in [0.717, 1.165) is 5.56 Å². The van der Waals surface area contributed by atoms with Gasteiger partial charge in [0.15, 0.2) is 5.84 Å². The van der Waals surface area contributed by atoms with Crippen molar-refractivity contribution in [1.29, 1.82) is 0 Å². The van der Waals surface area contributed by atoms with Gasteiger partial charge in [-0.1, -0.05) is 34.4 Å². The van der Waals surface area contributed by atoms with E-state index >= 15 is 0 Å². The van der Waals surface area contributed by atoms with E-state index in [0.29, 0.717) is 28.0 Å². The average Bonchev–Trinajstić information content (AvgIpc) is 2.46. The Balaban J connectivity index is 2.04. The molecule has 0 aliphatic heterocycles. The van der Waals surface area contributed by atoms with Crippen LogP contribution in [-0.4, -0.2) is 11.0 Å². The molecule has 2 aromatic rings. The first-order valence-electron chi connectivity index (χ1n) is 5.75. The van der Waals surface area contributed by atoms with Crippen molar-refractivity contribution < 1.29 is 9.94 Å². The number of oxime groups is 1. The van der Waals surface area contributed by atoms with Gasteiger partial charge in [-0.25, -0.2) is 0 Å². The first kappa shape index (κ1) is 14.5. The fourth-order valence-electron chi connectivity index (χ4n) is 1.58. The van der Waals surface area contributed by atoms with Crippen molar-refractivity contribution in [2.75, 3.05) is 0 Å². The minimum atomic E-state index is 0.0531. The summed E-state index contributed by atoms with van der Waals surface area (Å²) in [5.41, 5.74) is 6.93. The van der Waals surface area contributed by atoms with Crippen molar-refractivity contribution in [3.63, 3.8) is 0 Å². The molecule has 4 nitrogen and oxygen atoms in total. The molecule has 0 unspecified atom stereocenters. The van der Waals surface area contributed by atoms with E-state index in [-0.39, 0.29) is 5.84 Å². The third-order valence-corrected chi connectivity index (χ3v) is 3.25. The predicted molar refractivity (Wildman–Crippen MR) is 79.7 cm³/mol. The van der Waals surface area contributed by atoms with Gasteiger partial charge in [-0.3, -0.25) is 0 Å². The summed E-state index contributed by atoms with van der Waals surface area (Å²) in [5, 5.41) is 12.6. The molecule has 0 heterocycles. The molecular formula is C14H12Cl2N2O2. The zero-order chi connectivity index (χ0) is 14.5. The summed E-state index contributed by atoms with van der Waals surface area (Å²) in [7, 11) is 0. The van der Waals surface area contributed by atoms with Crippen molar-refractivity contribution in [1.82, 2.24) is 0 Å². The Morgan fingerprint density at radius 2 is 1.85 bits per heavy atom. The Morgan fingerprint density at radius 3 is 2.45 bits per heavy atom. The predicted octanol–water partition coefficient (Wildman–Crippen LogP) is 3.67. The Bertz CT molecular complexity index is 628. The number of ether oxygens (including phenoxy) is 1. The summed E-state index contributed by atoms with van der Waals surface area (Å²) in [6.07, 6.45) is 0. The number of nitrogens with two attached hydrogens (primary N) is 1. The summed E-state index contributed by atoms with van der Waals surface area (Å²) in [6, 6.07) is 12.1. The number of benzene rings is 2. The molecule has 0 radical (unpaired) electrons. The maximum absolute atomic E-state index is 8.57. The Morgan fingerprint density at radius 1 is 1.15 bits per heavy atom. The van der Waals surface area contributed by atoms with Crippen LogP contribution in [0.25, 0.3) is 0 Å². The van der Waals surface area contributed by atoms with Crippen molar-refractivity contribution >= 4 is 29.0 Å². The molecule has 0 aliphatic rings. The molecule has 0 aromatic heterocycles. The summed E-state index contributed by atoms with van der Waals surface area (Å²) in [5.74, 6) is 0.711. The Kier molecular flexibility index (Phi) is 4.71. The topological polar surface area (TPSA) is 67.8 Å².